The van der Waals surface area contributed by atoms with Crippen LogP contribution in [0.2, 0.25) is 0 Å². The van der Waals surface area contributed by atoms with Crippen LogP contribution < -0.4 is 4.74 Å². The van der Waals surface area contributed by atoms with Gasteiger partial charge in [0.15, 0.2) is 0 Å². The first-order valence-electron chi connectivity index (χ1n) is 5.81. The summed E-state index contributed by atoms with van der Waals surface area (Å²) < 4.78 is 5.57. The van der Waals surface area contributed by atoms with Crippen molar-refractivity contribution in [1.82, 2.24) is 0 Å². The SMILES string of the molecule is Cc1cc([N+](=O)[O-])c(C)cc1OCCCCC#N. The minimum Gasteiger partial charge on any atom is -0.493 e. The van der Waals surface area contributed by atoms with Crippen LogP contribution in [0.15, 0.2) is 12.1 Å². The summed E-state index contributed by atoms with van der Waals surface area (Å²) >= 11 is 0. The van der Waals surface area contributed by atoms with Gasteiger partial charge in [-0.05, 0) is 38.3 Å². The highest BCUT2D eigenvalue weighted by Crippen LogP contribution is 2.27. The molecule has 0 unspecified atom stereocenters. The molecule has 0 aromatic heterocycles. The second kappa shape index (κ2) is 6.60. The van der Waals surface area contributed by atoms with Gasteiger partial charge in [-0.3, -0.25) is 10.1 Å². The number of nitriles is 1. The molecule has 0 N–H and O–H groups in total. The summed E-state index contributed by atoms with van der Waals surface area (Å²) in [6.07, 6.45) is 2.15. The minimum absolute atomic E-state index is 0.115. The summed E-state index contributed by atoms with van der Waals surface area (Å²) in [5, 5.41) is 19.1. The van der Waals surface area contributed by atoms with Gasteiger partial charge in [-0.15, -0.1) is 0 Å². The quantitative estimate of drug-likeness (QED) is 0.439. The Kier molecular flexibility index (Phi) is 5.12. The largest absolute Gasteiger partial charge is 0.493 e. The fourth-order valence-corrected chi connectivity index (χ4v) is 1.61. The number of benzene rings is 1. The molecule has 0 heterocycles. The van der Waals surface area contributed by atoms with Crippen LogP contribution in [0.3, 0.4) is 0 Å². The Morgan fingerprint density at radius 2 is 2.06 bits per heavy atom. The molecular weight excluding hydrogens is 232 g/mol. The van der Waals surface area contributed by atoms with Crippen molar-refractivity contribution < 1.29 is 9.66 Å². The molecule has 0 atom stereocenters. The third kappa shape index (κ3) is 3.74. The van der Waals surface area contributed by atoms with Crippen molar-refractivity contribution in [2.45, 2.75) is 33.1 Å². The van der Waals surface area contributed by atoms with Gasteiger partial charge in [0, 0.05) is 18.1 Å². The second-order valence-electron chi connectivity index (χ2n) is 4.12. The van der Waals surface area contributed by atoms with Crippen LogP contribution in [0.5, 0.6) is 5.75 Å². The number of nitro groups is 1. The molecule has 0 radical (unpaired) electrons. The first-order valence-corrected chi connectivity index (χ1v) is 5.81. The van der Waals surface area contributed by atoms with Crippen molar-refractivity contribution in [3.05, 3.63) is 33.4 Å². The van der Waals surface area contributed by atoms with E-state index in [2.05, 4.69) is 6.07 Å². The third-order valence-electron chi connectivity index (χ3n) is 2.63. The lowest BCUT2D eigenvalue weighted by atomic mass is 10.1. The highest BCUT2D eigenvalue weighted by atomic mass is 16.6. The van der Waals surface area contributed by atoms with Crippen LogP contribution in [0.1, 0.15) is 30.4 Å². The van der Waals surface area contributed by atoms with Crippen LogP contribution in [0.25, 0.3) is 0 Å². The molecule has 1 rings (SSSR count). The molecule has 1 aromatic rings. The normalized spacial score (nSPS) is 9.83. The van der Waals surface area contributed by atoms with E-state index in [-0.39, 0.29) is 10.6 Å². The number of hydrogen-bond donors (Lipinski definition) is 0. The number of nitrogens with zero attached hydrogens (tertiary/aromatic N) is 2. The molecule has 0 amide bonds. The summed E-state index contributed by atoms with van der Waals surface area (Å²) in [7, 11) is 0. The number of hydrogen-bond acceptors (Lipinski definition) is 4. The highest BCUT2D eigenvalue weighted by Gasteiger charge is 2.13. The Bertz CT molecular complexity index is 478. The minimum atomic E-state index is -0.390. The molecule has 0 saturated carbocycles. The maximum Gasteiger partial charge on any atom is 0.272 e. The summed E-state index contributed by atoms with van der Waals surface area (Å²) in [6, 6.07) is 5.30. The van der Waals surface area contributed by atoms with E-state index in [0.29, 0.717) is 24.3 Å². The number of aryl methyl sites for hydroxylation is 2. The zero-order valence-electron chi connectivity index (χ0n) is 10.6. The van der Waals surface area contributed by atoms with Gasteiger partial charge in [0.05, 0.1) is 17.6 Å². The fraction of sp³-hybridized carbons (Fsp3) is 0.462. The Morgan fingerprint density at radius 1 is 1.33 bits per heavy atom. The lowest BCUT2D eigenvalue weighted by molar-refractivity contribution is -0.385. The summed E-state index contributed by atoms with van der Waals surface area (Å²) in [5.41, 5.74) is 1.47. The third-order valence-corrected chi connectivity index (χ3v) is 2.63. The fourth-order valence-electron chi connectivity index (χ4n) is 1.61. The van der Waals surface area contributed by atoms with E-state index in [1.54, 1.807) is 19.9 Å². The van der Waals surface area contributed by atoms with Gasteiger partial charge in [0.25, 0.3) is 5.69 Å². The van der Waals surface area contributed by atoms with Crippen molar-refractivity contribution in [2.75, 3.05) is 6.61 Å². The van der Waals surface area contributed by atoms with Gasteiger partial charge in [-0.2, -0.15) is 5.26 Å². The predicted molar refractivity (Wildman–Crippen MR) is 67.5 cm³/mol. The topological polar surface area (TPSA) is 76.2 Å². The molecule has 0 fully saturated rings. The maximum absolute atomic E-state index is 10.8. The number of ether oxygens (including phenoxy) is 1. The van der Waals surface area contributed by atoms with Crippen molar-refractivity contribution in [2.24, 2.45) is 0 Å². The van der Waals surface area contributed by atoms with Crippen molar-refractivity contribution in [3.8, 4) is 11.8 Å². The molecular formula is C13H16N2O3. The molecule has 5 nitrogen and oxygen atoms in total. The maximum atomic E-state index is 10.8. The Labute approximate surface area is 106 Å². The van der Waals surface area contributed by atoms with Crippen LogP contribution in [0.4, 0.5) is 5.69 Å². The lowest BCUT2D eigenvalue weighted by Gasteiger charge is -2.09. The van der Waals surface area contributed by atoms with Gasteiger partial charge >= 0.3 is 0 Å². The Balaban J connectivity index is 2.65. The van der Waals surface area contributed by atoms with Crippen LogP contribution >= 0.6 is 0 Å². The predicted octanol–water partition coefficient (Wildman–Crippen LogP) is 3.28. The molecule has 96 valence electrons. The monoisotopic (exact) mass is 248 g/mol. The molecule has 0 aliphatic carbocycles. The Hall–Kier alpha value is -2.09. The first-order chi connectivity index (χ1) is 8.56. The van der Waals surface area contributed by atoms with Crippen molar-refractivity contribution in [1.29, 1.82) is 5.26 Å². The van der Waals surface area contributed by atoms with Gasteiger partial charge in [0.2, 0.25) is 0 Å². The van der Waals surface area contributed by atoms with E-state index >= 15 is 0 Å². The van der Waals surface area contributed by atoms with Gasteiger partial charge in [-0.1, -0.05) is 0 Å². The molecule has 0 saturated heterocycles. The van der Waals surface area contributed by atoms with E-state index in [0.717, 1.165) is 18.4 Å². The average molecular weight is 248 g/mol. The highest BCUT2D eigenvalue weighted by molar-refractivity contribution is 5.49. The second-order valence-corrected chi connectivity index (χ2v) is 4.12. The Morgan fingerprint density at radius 3 is 2.67 bits per heavy atom. The molecule has 0 spiro atoms. The molecule has 5 heteroatoms. The van der Waals surface area contributed by atoms with Crippen LogP contribution in [0, 0.1) is 35.3 Å². The van der Waals surface area contributed by atoms with E-state index in [4.69, 9.17) is 10.00 Å². The van der Waals surface area contributed by atoms with Gasteiger partial charge < -0.3 is 4.74 Å². The van der Waals surface area contributed by atoms with E-state index < -0.39 is 0 Å². The standard InChI is InChI=1S/C13H16N2O3/c1-10-9-13(18-7-5-3-4-6-14)11(2)8-12(10)15(16)17/h8-9H,3-5,7H2,1-2H3. The average Bonchev–Trinajstić information content (AvgIpc) is 2.32. The smallest absolute Gasteiger partial charge is 0.272 e. The zero-order chi connectivity index (χ0) is 13.5. The summed E-state index contributed by atoms with van der Waals surface area (Å²) in [4.78, 5) is 10.4. The van der Waals surface area contributed by atoms with Gasteiger partial charge in [-0.25, -0.2) is 0 Å². The van der Waals surface area contributed by atoms with Crippen molar-refractivity contribution in [3.63, 3.8) is 0 Å². The van der Waals surface area contributed by atoms with E-state index in [1.807, 2.05) is 0 Å². The molecule has 0 aliphatic rings. The van der Waals surface area contributed by atoms with Crippen molar-refractivity contribution >= 4 is 5.69 Å². The summed E-state index contributed by atoms with van der Waals surface area (Å²) in [5.74, 6) is 0.676. The lowest BCUT2D eigenvalue weighted by Crippen LogP contribution is -2.01. The number of rotatable bonds is 6. The molecule has 0 bridgehead atoms. The zero-order valence-corrected chi connectivity index (χ0v) is 10.6. The summed E-state index contributed by atoms with van der Waals surface area (Å²) in [6.45, 7) is 4.01. The van der Waals surface area contributed by atoms with E-state index in [1.165, 1.54) is 6.07 Å². The molecule has 18 heavy (non-hydrogen) atoms. The molecule has 0 aliphatic heterocycles. The molecule has 1 aromatic carbocycles. The van der Waals surface area contributed by atoms with Crippen LogP contribution in [-0.4, -0.2) is 11.5 Å². The number of unbranched alkanes of at least 4 members (excludes halogenated alkanes) is 2. The number of nitro benzene ring substituents is 1. The van der Waals surface area contributed by atoms with E-state index in [9.17, 15) is 10.1 Å². The first kappa shape index (κ1) is 14.0. The van der Waals surface area contributed by atoms with Gasteiger partial charge in [0.1, 0.15) is 5.75 Å². The van der Waals surface area contributed by atoms with Crippen LogP contribution in [-0.2, 0) is 0 Å².